The predicted molar refractivity (Wildman–Crippen MR) is 127 cm³/mol. The minimum Gasteiger partial charge on any atom is -0.497 e. The molecule has 0 spiro atoms. The lowest BCUT2D eigenvalue weighted by Crippen LogP contribution is -2.40. The summed E-state index contributed by atoms with van der Waals surface area (Å²) < 4.78 is 21.5. The highest BCUT2D eigenvalue weighted by atomic mass is 19.1. The van der Waals surface area contributed by atoms with Gasteiger partial charge < -0.3 is 14.2 Å². The predicted octanol–water partition coefficient (Wildman–Crippen LogP) is 5.26. The van der Waals surface area contributed by atoms with E-state index in [0.717, 1.165) is 46.6 Å². The molecule has 4 aromatic rings. The summed E-state index contributed by atoms with van der Waals surface area (Å²) in [5, 5.41) is 0. The largest absolute Gasteiger partial charge is 0.497 e. The van der Waals surface area contributed by atoms with Gasteiger partial charge in [0.15, 0.2) is 0 Å². The van der Waals surface area contributed by atoms with Gasteiger partial charge in [-0.2, -0.15) is 0 Å². The van der Waals surface area contributed by atoms with Gasteiger partial charge in [0.05, 0.1) is 24.6 Å². The molecule has 1 aliphatic heterocycles. The number of carbonyl (C=O) groups excluding carboxylic acids is 1. The van der Waals surface area contributed by atoms with Crippen molar-refractivity contribution in [2.24, 2.45) is 0 Å². The summed E-state index contributed by atoms with van der Waals surface area (Å²) in [6.07, 6.45) is 1.98. The van der Waals surface area contributed by atoms with Gasteiger partial charge in [0, 0.05) is 24.7 Å². The fourth-order valence-corrected chi connectivity index (χ4v) is 4.63. The van der Waals surface area contributed by atoms with E-state index in [2.05, 4.69) is 4.57 Å². The highest BCUT2D eigenvalue weighted by Crippen LogP contribution is 2.33. The van der Waals surface area contributed by atoms with Gasteiger partial charge in [-0.15, -0.1) is 0 Å². The molecule has 33 heavy (non-hydrogen) atoms. The number of methoxy groups -OCH3 is 1. The standard InChI is InChI=1S/C27H26FN3O2/c1-33-23-10-7-19(8-11-23)17-26(32)30-15-13-22(14-16-30)31-25-18-21(28)9-12-24(25)29-27(31)20-5-3-2-4-6-20/h2-12,18,22H,13-17H2,1H3. The van der Waals surface area contributed by atoms with Gasteiger partial charge in [0.1, 0.15) is 17.4 Å². The van der Waals surface area contributed by atoms with E-state index < -0.39 is 0 Å². The van der Waals surface area contributed by atoms with E-state index >= 15 is 0 Å². The zero-order chi connectivity index (χ0) is 22.8. The Kier molecular flexibility index (Phi) is 5.82. The second kappa shape index (κ2) is 9.06. The lowest BCUT2D eigenvalue weighted by Gasteiger charge is -2.34. The molecule has 0 saturated carbocycles. The summed E-state index contributed by atoms with van der Waals surface area (Å²) in [6, 6.07) is 22.5. The molecule has 1 fully saturated rings. The maximum Gasteiger partial charge on any atom is 0.226 e. The van der Waals surface area contributed by atoms with Crippen molar-refractivity contribution in [1.82, 2.24) is 14.5 Å². The molecule has 0 unspecified atom stereocenters. The van der Waals surface area contributed by atoms with E-state index in [0.29, 0.717) is 19.5 Å². The van der Waals surface area contributed by atoms with Crippen LogP contribution in [0.3, 0.4) is 0 Å². The third kappa shape index (κ3) is 4.33. The van der Waals surface area contributed by atoms with E-state index in [-0.39, 0.29) is 17.8 Å². The van der Waals surface area contributed by atoms with Crippen LogP contribution in [-0.2, 0) is 11.2 Å². The zero-order valence-corrected chi connectivity index (χ0v) is 18.6. The minimum absolute atomic E-state index is 0.128. The summed E-state index contributed by atoms with van der Waals surface area (Å²) in [5.41, 5.74) is 3.57. The number of likely N-dealkylation sites (tertiary alicyclic amines) is 1. The molecule has 1 aliphatic rings. The Balaban J connectivity index is 1.35. The second-order valence-corrected chi connectivity index (χ2v) is 8.44. The van der Waals surface area contributed by atoms with Crippen molar-refractivity contribution in [3.8, 4) is 17.1 Å². The third-order valence-corrected chi connectivity index (χ3v) is 6.38. The number of rotatable bonds is 5. The number of ether oxygens (including phenoxy) is 1. The van der Waals surface area contributed by atoms with Crippen LogP contribution in [0, 0.1) is 5.82 Å². The molecule has 168 valence electrons. The van der Waals surface area contributed by atoms with Crippen molar-refractivity contribution in [2.45, 2.75) is 25.3 Å². The molecule has 0 radical (unpaired) electrons. The van der Waals surface area contributed by atoms with Gasteiger partial charge in [0.25, 0.3) is 0 Å². The van der Waals surface area contributed by atoms with Crippen molar-refractivity contribution in [1.29, 1.82) is 0 Å². The summed E-state index contributed by atoms with van der Waals surface area (Å²) in [7, 11) is 1.63. The maximum absolute atomic E-state index is 14.1. The summed E-state index contributed by atoms with van der Waals surface area (Å²) >= 11 is 0. The number of carbonyl (C=O) groups is 1. The van der Waals surface area contributed by atoms with Crippen LogP contribution < -0.4 is 4.74 Å². The summed E-state index contributed by atoms with van der Waals surface area (Å²) in [6.45, 7) is 1.34. The number of fused-ring (bicyclic) bond motifs is 1. The molecule has 0 aliphatic carbocycles. The highest BCUT2D eigenvalue weighted by molar-refractivity contribution is 5.81. The zero-order valence-electron chi connectivity index (χ0n) is 18.6. The molecular weight excluding hydrogens is 417 g/mol. The van der Waals surface area contributed by atoms with Gasteiger partial charge in [-0.3, -0.25) is 4.79 Å². The Morgan fingerprint density at radius 2 is 1.76 bits per heavy atom. The lowest BCUT2D eigenvalue weighted by molar-refractivity contribution is -0.131. The van der Waals surface area contributed by atoms with E-state index in [4.69, 9.17) is 9.72 Å². The molecule has 1 aromatic heterocycles. The molecule has 1 saturated heterocycles. The van der Waals surface area contributed by atoms with E-state index in [1.165, 1.54) is 6.07 Å². The third-order valence-electron chi connectivity index (χ3n) is 6.38. The molecule has 3 aromatic carbocycles. The Morgan fingerprint density at radius 3 is 2.45 bits per heavy atom. The van der Waals surface area contributed by atoms with Crippen molar-refractivity contribution in [3.05, 3.63) is 84.2 Å². The normalized spacial score (nSPS) is 14.5. The molecule has 2 heterocycles. The average molecular weight is 444 g/mol. The van der Waals surface area contributed by atoms with Gasteiger partial charge in [-0.05, 0) is 48.7 Å². The number of benzene rings is 3. The van der Waals surface area contributed by atoms with Gasteiger partial charge in [-0.25, -0.2) is 9.37 Å². The average Bonchev–Trinajstić information content (AvgIpc) is 3.23. The Hall–Kier alpha value is -3.67. The molecule has 0 bridgehead atoms. The van der Waals surface area contributed by atoms with Crippen LogP contribution in [0.15, 0.2) is 72.8 Å². The van der Waals surface area contributed by atoms with Crippen LogP contribution >= 0.6 is 0 Å². The summed E-state index contributed by atoms with van der Waals surface area (Å²) in [4.78, 5) is 19.6. The first-order valence-electron chi connectivity index (χ1n) is 11.3. The molecule has 0 N–H and O–H groups in total. The fourth-order valence-electron chi connectivity index (χ4n) is 4.63. The second-order valence-electron chi connectivity index (χ2n) is 8.44. The number of halogens is 1. The van der Waals surface area contributed by atoms with E-state index in [1.54, 1.807) is 19.2 Å². The topological polar surface area (TPSA) is 47.4 Å². The van der Waals surface area contributed by atoms with Crippen LogP contribution in [0.2, 0.25) is 0 Å². The SMILES string of the molecule is COc1ccc(CC(=O)N2CCC(n3c(-c4ccccc4)nc4ccc(F)cc43)CC2)cc1. The number of hydrogen-bond acceptors (Lipinski definition) is 3. The number of nitrogens with zero attached hydrogens (tertiary/aromatic N) is 3. The summed E-state index contributed by atoms with van der Waals surface area (Å²) in [5.74, 6) is 1.49. The first-order valence-corrected chi connectivity index (χ1v) is 11.3. The van der Waals surface area contributed by atoms with E-state index in [9.17, 15) is 9.18 Å². The number of imidazole rings is 1. The fraction of sp³-hybridized carbons (Fsp3) is 0.259. The quantitative estimate of drug-likeness (QED) is 0.423. The number of aromatic nitrogens is 2. The van der Waals surface area contributed by atoms with Crippen LogP contribution in [0.5, 0.6) is 5.75 Å². The minimum atomic E-state index is -0.268. The van der Waals surface area contributed by atoms with Crippen molar-refractivity contribution < 1.29 is 13.9 Å². The number of piperidine rings is 1. The molecule has 6 heteroatoms. The Morgan fingerprint density at radius 1 is 1.03 bits per heavy atom. The Labute approximate surface area is 192 Å². The molecular formula is C27H26FN3O2. The lowest BCUT2D eigenvalue weighted by atomic mass is 10.0. The smallest absolute Gasteiger partial charge is 0.226 e. The van der Waals surface area contributed by atoms with Gasteiger partial charge in [-0.1, -0.05) is 42.5 Å². The first kappa shape index (κ1) is 21.2. The van der Waals surface area contributed by atoms with Crippen LogP contribution in [-0.4, -0.2) is 40.6 Å². The highest BCUT2D eigenvalue weighted by Gasteiger charge is 2.27. The number of amides is 1. The Bertz CT molecular complexity index is 1260. The van der Waals surface area contributed by atoms with Gasteiger partial charge in [0.2, 0.25) is 5.91 Å². The molecule has 0 atom stereocenters. The maximum atomic E-state index is 14.1. The van der Waals surface area contributed by atoms with Crippen molar-refractivity contribution >= 4 is 16.9 Å². The van der Waals surface area contributed by atoms with E-state index in [1.807, 2.05) is 59.5 Å². The number of hydrogen-bond donors (Lipinski definition) is 0. The monoisotopic (exact) mass is 443 g/mol. The molecule has 1 amide bonds. The molecule has 5 rings (SSSR count). The molecule has 5 nitrogen and oxygen atoms in total. The van der Waals surface area contributed by atoms with Crippen LogP contribution in [0.4, 0.5) is 4.39 Å². The van der Waals surface area contributed by atoms with Crippen molar-refractivity contribution in [2.75, 3.05) is 20.2 Å². The van der Waals surface area contributed by atoms with Crippen molar-refractivity contribution in [3.63, 3.8) is 0 Å². The van der Waals surface area contributed by atoms with Crippen LogP contribution in [0.1, 0.15) is 24.4 Å². The van der Waals surface area contributed by atoms with Crippen LogP contribution in [0.25, 0.3) is 22.4 Å². The van der Waals surface area contributed by atoms with Gasteiger partial charge >= 0.3 is 0 Å². The first-order chi connectivity index (χ1) is 16.1.